The molecule has 1 aromatic heterocycles. The van der Waals surface area contributed by atoms with Crippen LogP contribution in [0.25, 0.3) is 0 Å². The summed E-state index contributed by atoms with van der Waals surface area (Å²) in [6, 6.07) is 7.96. The van der Waals surface area contributed by atoms with Gasteiger partial charge in [-0.05, 0) is 30.3 Å². The van der Waals surface area contributed by atoms with Crippen molar-refractivity contribution in [1.82, 2.24) is 4.98 Å². The van der Waals surface area contributed by atoms with Gasteiger partial charge in [0.05, 0.1) is 18.5 Å². The van der Waals surface area contributed by atoms with Gasteiger partial charge in [-0.15, -0.1) is 0 Å². The molecule has 0 aliphatic heterocycles. The first-order chi connectivity index (χ1) is 8.94. The predicted molar refractivity (Wildman–Crippen MR) is 73.0 cm³/mol. The van der Waals surface area contributed by atoms with Crippen molar-refractivity contribution < 1.29 is 12.8 Å². The molecule has 2 aromatic rings. The van der Waals surface area contributed by atoms with E-state index in [0.717, 1.165) is 11.9 Å². The third-order valence-electron chi connectivity index (χ3n) is 2.41. The highest BCUT2D eigenvalue weighted by Crippen LogP contribution is 2.20. The van der Waals surface area contributed by atoms with Crippen molar-refractivity contribution in [3.63, 3.8) is 0 Å². The largest absolute Gasteiger partial charge is 0.379 e. The Morgan fingerprint density at radius 1 is 1.32 bits per heavy atom. The van der Waals surface area contributed by atoms with Crippen LogP contribution >= 0.6 is 0 Å². The third-order valence-corrected chi connectivity index (χ3v) is 3.00. The van der Waals surface area contributed by atoms with Crippen LogP contribution in [0.5, 0.6) is 0 Å². The highest BCUT2D eigenvalue weighted by molar-refractivity contribution is 7.92. The molecule has 3 N–H and O–H groups in total. The summed E-state index contributed by atoms with van der Waals surface area (Å²) < 4.78 is 37.8. The van der Waals surface area contributed by atoms with Gasteiger partial charge < -0.3 is 10.3 Å². The number of sulfonamides is 1. The Hall–Kier alpha value is -2.02. The van der Waals surface area contributed by atoms with Gasteiger partial charge >= 0.3 is 0 Å². The number of halogens is 1. The Bertz CT molecular complexity index is 654. The number of nitrogens with one attached hydrogen (secondary N) is 3. The van der Waals surface area contributed by atoms with Crippen LogP contribution in [0.1, 0.15) is 5.69 Å². The minimum atomic E-state index is -3.50. The monoisotopic (exact) mass is 283 g/mol. The molecule has 0 bridgehead atoms. The van der Waals surface area contributed by atoms with E-state index in [1.807, 2.05) is 12.1 Å². The molecule has 0 amide bonds. The first kappa shape index (κ1) is 13.4. The van der Waals surface area contributed by atoms with Gasteiger partial charge in [0.15, 0.2) is 0 Å². The van der Waals surface area contributed by atoms with Crippen LogP contribution in [0.3, 0.4) is 0 Å². The molecular weight excluding hydrogens is 269 g/mol. The minimum Gasteiger partial charge on any atom is -0.379 e. The SMILES string of the molecule is CS(=O)(=O)Nc1cc(NCc2ccc[nH]2)ccc1F. The Labute approximate surface area is 110 Å². The van der Waals surface area contributed by atoms with E-state index in [2.05, 4.69) is 15.0 Å². The average Bonchev–Trinajstić information content (AvgIpc) is 2.81. The molecule has 19 heavy (non-hydrogen) atoms. The highest BCUT2D eigenvalue weighted by atomic mass is 32.2. The van der Waals surface area contributed by atoms with Gasteiger partial charge in [0.25, 0.3) is 0 Å². The van der Waals surface area contributed by atoms with Crippen molar-refractivity contribution in [2.75, 3.05) is 16.3 Å². The van der Waals surface area contributed by atoms with Crippen LogP contribution in [0, 0.1) is 5.82 Å². The summed E-state index contributed by atoms with van der Waals surface area (Å²) in [7, 11) is -3.50. The molecule has 7 heteroatoms. The average molecular weight is 283 g/mol. The van der Waals surface area contributed by atoms with Crippen molar-refractivity contribution in [2.24, 2.45) is 0 Å². The molecule has 1 heterocycles. The zero-order valence-corrected chi connectivity index (χ0v) is 11.1. The zero-order chi connectivity index (χ0) is 13.9. The van der Waals surface area contributed by atoms with E-state index in [1.165, 1.54) is 12.1 Å². The lowest BCUT2D eigenvalue weighted by Gasteiger charge is -2.09. The maximum absolute atomic E-state index is 13.5. The second-order valence-corrected chi connectivity index (χ2v) is 5.87. The summed E-state index contributed by atoms with van der Waals surface area (Å²) in [6.45, 7) is 0.539. The third kappa shape index (κ3) is 3.99. The summed E-state index contributed by atoms with van der Waals surface area (Å²) in [5.74, 6) is -0.615. The smallest absolute Gasteiger partial charge is 0.229 e. The summed E-state index contributed by atoms with van der Waals surface area (Å²) >= 11 is 0. The molecule has 102 valence electrons. The lowest BCUT2D eigenvalue weighted by molar-refractivity contribution is 0.604. The normalized spacial score (nSPS) is 11.3. The second kappa shape index (κ2) is 5.31. The molecule has 0 saturated carbocycles. The van der Waals surface area contributed by atoms with Gasteiger partial charge in [-0.2, -0.15) is 0 Å². The lowest BCUT2D eigenvalue weighted by Crippen LogP contribution is -2.11. The summed E-state index contributed by atoms with van der Waals surface area (Å²) in [4.78, 5) is 3.02. The van der Waals surface area contributed by atoms with E-state index < -0.39 is 15.8 Å². The van der Waals surface area contributed by atoms with Gasteiger partial charge in [-0.3, -0.25) is 4.72 Å². The molecule has 0 aliphatic carbocycles. The number of aromatic amines is 1. The summed E-state index contributed by atoms with van der Waals surface area (Å²) in [6.07, 6.45) is 2.78. The number of aromatic nitrogens is 1. The summed E-state index contributed by atoms with van der Waals surface area (Å²) in [5.41, 5.74) is 1.53. The Kier molecular flexibility index (Phi) is 3.75. The van der Waals surface area contributed by atoms with E-state index in [4.69, 9.17) is 0 Å². The van der Waals surface area contributed by atoms with Crippen LogP contribution in [0.4, 0.5) is 15.8 Å². The summed E-state index contributed by atoms with van der Waals surface area (Å²) in [5, 5.41) is 3.07. The van der Waals surface area contributed by atoms with Crippen LogP contribution in [0.15, 0.2) is 36.5 Å². The van der Waals surface area contributed by atoms with Crippen LogP contribution in [-0.4, -0.2) is 19.7 Å². The predicted octanol–water partition coefficient (Wildman–Crippen LogP) is 2.14. The van der Waals surface area contributed by atoms with E-state index in [0.29, 0.717) is 12.2 Å². The van der Waals surface area contributed by atoms with Crippen LogP contribution in [0.2, 0.25) is 0 Å². The van der Waals surface area contributed by atoms with E-state index in [9.17, 15) is 12.8 Å². The number of hydrogen-bond donors (Lipinski definition) is 3. The van der Waals surface area contributed by atoms with Gasteiger partial charge in [0.2, 0.25) is 10.0 Å². The fourth-order valence-electron chi connectivity index (χ4n) is 1.59. The molecule has 0 aliphatic rings. The quantitative estimate of drug-likeness (QED) is 0.787. The second-order valence-electron chi connectivity index (χ2n) is 4.12. The Balaban J connectivity index is 2.12. The van der Waals surface area contributed by atoms with Gasteiger partial charge in [0, 0.05) is 17.6 Å². The molecule has 2 rings (SSSR count). The zero-order valence-electron chi connectivity index (χ0n) is 10.3. The first-order valence-electron chi connectivity index (χ1n) is 5.57. The molecule has 0 saturated heterocycles. The standard InChI is InChI=1S/C12H14FN3O2S/c1-19(17,18)16-12-7-9(4-5-11(12)13)15-8-10-3-2-6-14-10/h2-7,14-16H,8H2,1H3. The van der Waals surface area contributed by atoms with Gasteiger partial charge in [-0.1, -0.05) is 0 Å². The van der Waals surface area contributed by atoms with Crippen molar-refractivity contribution in [2.45, 2.75) is 6.54 Å². The number of hydrogen-bond acceptors (Lipinski definition) is 3. The Morgan fingerprint density at radius 3 is 2.74 bits per heavy atom. The first-order valence-corrected chi connectivity index (χ1v) is 7.47. The number of benzene rings is 1. The number of anilines is 2. The fourth-order valence-corrected chi connectivity index (χ4v) is 2.14. The van der Waals surface area contributed by atoms with E-state index in [1.54, 1.807) is 12.3 Å². The molecule has 0 unspecified atom stereocenters. The van der Waals surface area contributed by atoms with Crippen molar-refractivity contribution >= 4 is 21.4 Å². The molecule has 0 spiro atoms. The van der Waals surface area contributed by atoms with Crippen molar-refractivity contribution in [1.29, 1.82) is 0 Å². The molecular formula is C12H14FN3O2S. The minimum absolute atomic E-state index is 0.0704. The molecule has 0 fully saturated rings. The fraction of sp³-hybridized carbons (Fsp3) is 0.167. The van der Waals surface area contributed by atoms with E-state index in [-0.39, 0.29) is 5.69 Å². The molecule has 0 radical (unpaired) electrons. The van der Waals surface area contributed by atoms with Gasteiger partial charge in [-0.25, -0.2) is 12.8 Å². The lowest BCUT2D eigenvalue weighted by atomic mass is 10.2. The van der Waals surface area contributed by atoms with E-state index >= 15 is 0 Å². The van der Waals surface area contributed by atoms with Crippen LogP contribution < -0.4 is 10.0 Å². The molecule has 0 atom stereocenters. The molecule has 1 aromatic carbocycles. The van der Waals surface area contributed by atoms with Gasteiger partial charge in [0.1, 0.15) is 5.82 Å². The van der Waals surface area contributed by atoms with Crippen molar-refractivity contribution in [3.8, 4) is 0 Å². The maximum Gasteiger partial charge on any atom is 0.229 e. The van der Waals surface area contributed by atoms with Crippen molar-refractivity contribution in [3.05, 3.63) is 48.0 Å². The highest BCUT2D eigenvalue weighted by Gasteiger charge is 2.08. The Morgan fingerprint density at radius 2 is 2.11 bits per heavy atom. The maximum atomic E-state index is 13.5. The topological polar surface area (TPSA) is 74.0 Å². The number of H-pyrrole nitrogens is 1. The number of rotatable bonds is 5. The molecule has 5 nitrogen and oxygen atoms in total. The van der Waals surface area contributed by atoms with Crippen LogP contribution in [-0.2, 0) is 16.6 Å².